The molecular weight excluding hydrogens is 178 g/mol. The second kappa shape index (κ2) is 5.75. The molecule has 4 heteroatoms. The number of aliphatic hydroxyl groups excluding tert-OH is 1. The molecule has 1 aliphatic carbocycles. The quantitative estimate of drug-likeness (QED) is 0.513. The average molecular weight is 197 g/mol. The third-order valence-electron chi connectivity index (χ3n) is 2.54. The van der Waals surface area contributed by atoms with E-state index >= 15 is 0 Å². The van der Waals surface area contributed by atoms with Gasteiger partial charge in [0.2, 0.25) is 0 Å². The Labute approximate surface area is 84.9 Å². The molecule has 0 spiro atoms. The smallest absolute Gasteiger partial charge is 0.124 e. The van der Waals surface area contributed by atoms with Crippen LogP contribution in [0.25, 0.3) is 0 Å². The maximum atomic E-state index is 9.32. The zero-order valence-electron chi connectivity index (χ0n) is 8.69. The Bertz CT molecular complexity index is 217. The summed E-state index contributed by atoms with van der Waals surface area (Å²) in [6.45, 7) is 2.02. The number of amidine groups is 1. The van der Waals surface area contributed by atoms with Crippen LogP contribution in [0.5, 0.6) is 0 Å². The monoisotopic (exact) mass is 197 g/mol. The van der Waals surface area contributed by atoms with E-state index in [1.807, 2.05) is 6.92 Å². The molecule has 0 saturated heterocycles. The van der Waals surface area contributed by atoms with Crippen molar-refractivity contribution < 1.29 is 5.11 Å². The molecule has 0 heterocycles. The fourth-order valence-electron chi connectivity index (χ4n) is 1.70. The maximum Gasteiger partial charge on any atom is 0.124 e. The number of aliphatic hydroxyl groups is 1. The molecule has 14 heavy (non-hydrogen) atoms. The van der Waals surface area contributed by atoms with E-state index in [1.54, 1.807) is 0 Å². The van der Waals surface area contributed by atoms with E-state index < -0.39 is 0 Å². The van der Waals surface area contributed by atoms with Crippen LogP contribution >= 0.6 is 0 Å². The highest BCUT2D eigenvalue weighted by molar-refractivity contribution is 5.88. The van der Waals surface area contributed by atoms with Gasteiger partial charge < -0.3 is 10.8 Å². The molecule has 0 aromatic heterocycles. The van der Waals surface area contributed by atoms with Crippen molar-refractivity contribution in [2.24, 2.45) is 15.7 Å². The molecule has 1 saturated carbocycles. The molecule has 1 fully saturated rings. The lowest BCUT2D eigenvalue weighted by Crippen LogP contribution is -2.21. The van der Waals surface area contributed by atoms with Gasteiger partial charge in [0.05, 0.1) is 18.5 Å². The Hall–Kier alpha value is -0.900. The van der Waals surface area contributed by atoms with Crippen LogP contribution in [0.3, 0.4) is 0 Å². The van der Waals surface area contributed by atoms with Gasteiger partial charge >= 0.3 is 0 Å². The summed E-state index contributed by atoms with van der Waals surface area (Å²) in [5.74, 6) is 0.814. The summed E-state index contributed by atoms with van der Waals surface area (Å²) in [5.41, 5.74) is 5.22. The number of nitrogens with zero attached hydrogens (tertiary/aromatic N) is 2. The molecule has 0 radical (unpaired) electrons. The first-order chi connectivity index (χ1) is 6.76. The topological polar surface area (TPSA) is 71.0 Å². The molecular formula is C10H19N3O. The van der Waals surface area contributed by atoms with Crippen LogP contribution in [0.1, 0.15) is 39.0 Å². The molecule has 0 aromatic carbocycles. The van der Waals surface area contributed by atoms with E-state index in [-0.39, 0.29) is 6.10 Å². The van der Waals surface area contributed by atoms with Crippen molar-refractivity contribution in [3.05, 3.63) is 0 Å². The summed E-state index contributed by atoms with van der Waals surface area (Å²) in [6.07, 6.45) is 5.63. The van der Waals surface area contributed by atoms with Crippen LogP contribution in [0.2, 0.25) is 0 Å². The van der Waals surface area contributed by atoms with E-state index in [4.69, 9.17) is 5.73 Å². The van der Waals surface area contributed by atoms with Gasteiger partial charge in [0.15, 0.2) is 0 Å². The zero-order chi connectivity index (χ0) is 10.4. The lowest BCUT2D eigenvalue weighted by atomic mass is 9.93. The summed E-state index contributed by atoms with van der Waals surface area (Å²) in [5, 5.41) is 9.32. The van der Waals surface area contributed by atoms with Gasteiger partial charge in [0.25, 0.3) is 0 Å². The van der Waals surface area contributed by atoms with Gasteiger partial charge in [-0.3, -0.25) is 4.99 Å². The van der Waals surface area contributed by atoms with Crippen molar-refractivity contribution in [2.75, 3.05) is 0 Å². The van der Waals surface area contributed by atoms with E-state index in [9.17, 15) is 5.11 Å². The van der Waals surface area contributed by atoms with Crippen molar-refractivity contribution in [2.45, 2.75) is 51.2 Å². The minimum absolute atomic E-state index is 0.121. The molecule has 0 bridgehead atoms. The molecule has 1 rings (SSSR count). The van der Waals surface area contributed by atoms with E-state index in [1.165, 1.54) is 6.34 Å². The van der Waals surface area contributed by atoms with E-state index in [2.05, 4.69) is 9.98 Å². The Morgan fingerprint density at radius 2 is 2.07 bits per heavy atom. The Balaban J connectivity index is 2.48. The third-order valence-corrected chi connectivity index (χ3v) is 2.54. The second-order valence-corrected chi connectivity index (χ2v) is 3.64. The lowest BCUT2D eigenvalue weighted by Gasteiger charge is -2.22. The Morgan fingerprint density at radius 1 is 1.43 bits per heavy atom. The standard InChI is InChI=1S/C10H19N3O/c1-2-10(12-7-11)13-8-3-5-9(14)6-4-8/h7-9,14H,2-6H2,1H3,(H2,11,12,13). The third kappa shape index (κ3) is 3.46. The average Bonchev–Trinajstić information content (AvgIpc) is 2.20. The van der Waals surface area contributed by atoms with Crippen LogP contribution in [0.4, 0.5) is 0 Å². The van der Waals surface area contributed by atoms with Crippen LogP contribution in [-0.2, 0) is 0 Å². The normalized spacial score (nSPS) is 29.7. The van der Waals surface area contributed by atoms with E-state index in [0.717, 1.165) is 37.9 Å². The van der Waals surface area contributed by atoms with Crippen molar-refractivity contribution in [3.8, 4) is 0 Å². The summed E-state index contributed by atoms with van der Waals surface area (Å²) in [4.78, 5) is 8.50. The molecule has 0 aliphatic heterocycles. The molecule has 0 aromatic rings. The highest BCUT2D eigenvalue weighted by atomic mass is 16.3. The number of nitrogens with two attached hydrogens (primary N) is 1. The Kier molecular flexibility index (Phi) is 4.59. The minimum Gasteiger partial charge on any atom is -0.393 e. The van der Waals surface area contributed by atoms with Gasteiger partial charge in [-0.1, -0.05) is 6.92 Å². The molecule has 80 valence electrons. The minimum atomic E-state index is -0.121. The summed E-state index contributed by atoms with van der Waals surface area (Å²) < 4.78 is 0. The summed E-state index contributed by atoms with van der Waals surface area (Å²) in [7, 11) is 0. The highest BCUT2D eigenvalue weighted by Gasteiger charge is 2.18. The predicted molar refractivity (Wildman–Crippen MR) is 58.7 cm³/mol. The lowest BCUT2D eigenvalue weighted by molar-refractivity contribution is 0.123. The first-order valence-corrected chi connectivity index (χ1v) is 5.25. The molecule has 0 atom stereocenters. The van der Waals surface area contributed by atoms with Gasteiger partial charge in [-0.15, -0.1) is 0 Å². The largest absolute Gasteiger partial charge is 0.393 e. The predicted octanol–water partition coefficient (Wildman–Crippen LogP) is 1.09. The van der Waals surface area contributed by atoms with Gasteiger partial charge in [-0.2, -0.15) is 0 Å². The first kappa shape index (κ1) is 11.2. The fraction of sp³-hybridized carbons (Fsp3) is 0.800. The van der Waals surface area contributed by atoms with Crippen LogP contribution in [0, 0.1) is 0 Å². The van der Waals surface area contributed by atoms with Gasteiger partial charge in [0.1, 0.15) is 5.84 Å². The molecule has 1 aliphatic rings. The first-order valence-electron chi connectivity index (χ1n) is 5.25. The molecule has 3 N–H and O–H groups in total. The van der Waals surface area contributed by atoms with Crippen molar-refractivity contribution in [1.82, 2.24) is 0 Å². The van der Waals surface area contributed by atoms with Gasteiger partial charge in [-0.25, -0.2) is 4.99 Å². The summed E-state index contributed by atoms with van der Waals surface area (Å²) in [6, 6.07) is 0.331. The molecule has 0 amide bonds. The maximum absolute atomic E-state index is 9.32. The molecule has 0 unspecified atom stereocenters. The number of aliphatic imine (C=N–C) groups is 2. The zero-order valence-corrected chi connectivity index (χ0v) is 8.69. The van der Waals surface area contributed by atoms with Crippen molar-refractivity contribution in [3.63, 3.8) is 0 Å². The van der Waals surface area contributed by atoms with Crippen LogP contribution < -0.4 is 5.73 Å². The Morgan fingerprint density at radius 3 is 2.57 bits per heavy atom. The van der Waals surface area contributed by atoms with Crippen LogP contribution in [0.15, 0.2) is 9.98 Å². The number of rotatable bonds is 2. The fourth-order valence-corrected chi connectivity index (χ4v) is 1.70. The SMILES string of the molecule is CCC(N=CN)=NC1CCC(O)CC1. The molecule has 4 nitrogen and oxygen atoms in total. The van der Waals surface area contributed by atoms with Gasteiger partial charge in [0, 0.05) is 6.42 Å². The summed E-state index contributed by atoms with van der Waals surface area (Å²) >= 11 is 0. The van der Waals surface area contributed by atoms with Gasteiger partial charge in [-0.05, 0) is 25.7 Å². The van der Waals surface area contributed by atoms with Crippen molar-refractivity contribution >= 4 is 12.2 Å². The van der Waals surface area contributed by atoms with Crippen molar-refractivity contribution in [1.29, 1.82) is 0 Å². The second-order valence-electron chi connectivity index (χ2n) is 3.64. The van der Waals surface area contributed by atoms with Crippen LogP contribution in [-0.4, -0.2) is 29.4 Å². The van der Waals surface area contributed by atoms with E-state index in [0.29, 0.717) is 6.04 Å². The number of hydrogen-bond acceptors (Lipinski definition) is 2. The number of hydrogen-bond donors (Lipinski definition) is 2. The highest BCUT2D eigenvalue weighted by Crippen LogP contribution is 2.21.